The highest BCUT2D eigenvalue weighted by Gasteiger charge is 2.30. The van der Waals surface area contributed by atoms with Gasteiger partial charge in [0.05, 0.1) is 5.25 Å². The lowest BCUT2D eigenvalue weighted by molar-refractivity contribution is -0.120. The highest BCUT2D eigenvalue weighted by atomic mass is 32.2. The number of aliphatic hydroxyl groups is 1. The molecule has 1 saturated carbocycles. The van der Waals surface area contributed by atoms with E-state index < -0.39 is 20.9 Å². The Bertz CT molecular complexity index is 978. The maximum atomic E-state index is 12.7. The number of amides is 1. The smallest absolute Gasteiger partial charge is 0.227 e. The summed E-state index contributed by atoms with van der Waals surface area (Å²) < 4.78 is 26.8. The molecule has 7 heteroatoms. The predicted molar refractivity (Wildman–Crippen MR) is 123 cm³/mol. The van der Waals surface area contributed by atoms with Crippen LogP contribution in [0.4, 0.5) is 5.69 Å². The Labute approximate surface area is 185 Å². The second kappa shape index (κ2) is 9.51. The molecule has 31 heavy (non-hydrogen) atoms. The number of carbonyl (C=O) groups is 1. The van der Waals surface area contributed by atoms with Crippen LogP contribution in [0.1, 0.15) is 57.6 Å². The van der Waals surface area contributed by atoms with Crippen LogP contribution < -0.4 is 10.0 Å². The predicted octanol–water partition coefficient (Wildman–Crippen LogP) is 3.77. The molecular weight excluding hydrogens is 412 g/mol. The van der Waals surface area contributed by atoms with Gasteiger partial charge in [-0.15, -0.1) is 0 Å². The minimum atomic E-state index is -3.29. The Morgan fingerprint density at radius 1 is 0.968 bits per heavy atom. The van der Waals surface area contributed by atoms with Crippen LogP contribution >= 0.6 is 0 Å². The van der Waals surface area contributed by atoms with Crippen LogP contribution in [0, 0.1) is 5.92 Å². The topological polar surface area (TPSA) is 95.5 Å². The molecule has 0 aliphatic heterocycles. The van der Waals surface area contributed by atoms with Gasteiger partial charge < -0.3 is 10.4 Å². The SMILES string of the molecule is CC(C)S(=O)(=O)N[C@H]1CC[C@H](C(=O)Nc2ccc(C(C)(O)c3ccccc3)cc2)CC1. The van der Waals surface area contributed by atoms with Gasteiger partial charge in [-0.25, -0.2) is 13.1 Å². The molecule has 1 fully saturated rings. The van der Waals surface area contributed by atoms with Crippen LogP contribution in [0.15, 0.2) is 54.6 Å². The van der Waals surface area contributed by atoms with Crippen molar-refractivity contribution in [2.24, 2.45) is 5.92 Å². The first kappa shape index (κ1) is 23.4. The zero-order valence-electron chi connectivity index (χ0n) is 18.3. The number of sulfonamides is 1. The summed E-state index contributed by atoms with van der Waals surface area (Å²) in [7, 11) is -3.29. The standard InChI is InChI=1S/C24H32N2O4S/c1-17(2)31(29,30)26-22-13-9-18(10-14-22)23(27)25-21-15-11-20(12-16-21)24(3,28)19-7-5-4-6-8-19/h4-8,11-12,15-18,22,26,28H,9-10,13-14H2,1-3H3,(H,25,27)/t18-,22-,24?. The molecule has 0 aromatic heterocycles. The molecule has 1 unspecified atom stereocenters. The van der Waals surface area contributed by atoms with E-state index in [0.29, 0.717) is 31.4 Å². The second-order valence-corrected chi connectivity index (χ2v) is 11.0. The zero-order chi connectivity index (χ0) is 22.6. The van der Waals surface area contributed by atoms with E-state index in [9.17, 15) is 18.3 Å². The van der Waals surface area contributed by atoms with Gasteiger partial charge in [0.25, 0.3) is 0 Å². The van der Waals surface area contributed by atoms with E-state index in [1.54, 1.807) is 32.9 Å². The van der Waals surface area contributed by atoms with E-state index in [0.717, 1.165) is 11.1 Å². The number of hydrogen-bond acceptors (Lipinski definition) is 4. The Hall–Kier alpha value is -2.22. The van der Waals surface area contributed by atoms with Gasteiger partial charge in [0.2, 0.25) is 15.9 Å². The molecular formula is C24H32N2O4S. The molecule has 168 valence electrons. The molecule has 1 amide bonds. The molecule has 1 aliphatic rings. The monoisotopic (exact) mass is 444 g/mol. The average Bonchev–Trinajstić information content (AvgIpc) is 2.75. The highest BCUT2D eigenvalue weighted by molar-refractivity contribution is 7.90. The third-order valence-electron chi connectivity index (χ3n) is 6.10. The number of nitrogens with one attached hydrogen (secondary N) is 2. The summed E-state index contributed by atoms with van der Waals surface area (Å²) in [5, 5.41) is 13.4. The maximum absolute atomic E-state index is 12.7. The number of hydrogen-bond donors (Lipinski definition) is 3. The Morgan fingerprint density at radius 3 is 2.06 bits per heavy atom. The first-order valence-corrected chi connectivity index (χ1v) is 12.3. The van der Waals surface area contributed by atoms with E-state index in [-0.39, 0.29) is 17.9 Å². The normalized spacial score (nSPS) is 21.5. The molecule has 6 nitrogen and oxygen atoms in total. The van der Waals surface area contributed by atoms with Crippen molar-refractivity contribution >= 4 is 21.6 Å². The minimum absolute atomic E-state index is 0.0484. The van der Waals surface area contributed by atoms with E-state index in [2.05, 4.69) is 10.0 Å². The van der Waals surface area contributed by atoms with Gasteiger partial charge in [-0.05, 0) is 69.7 Å². The molecule has 0 bridgehead atoms. The first-order chi connectivity index (χ1) is 14.6. The number of carbonyl (C=O) groups excluding carboxylic acids is 1. The quantitative estimate of drug-likeness (QED) is 0.606. The highest BCUT2D eigenvalue weighted by Crippen LogP contribution is 2.30. The van der Waals surface area contributed by atoms with Gasteiger partial charge >= 0.3 is 0 Å². The molecule has 3 N–H and O–H groups in total. The van der Waals surface area contributed by atoms with Gasteiger partial charge in [-0.2, -0.15) is 0 Å². The molecule has 1 aliphatic carbocycles. The van der Waals surface area contributed by atoms with E-state index in [1.165, 1.54) is 0 Å². The molecule has 0 spiro atoms. The lowest BCUT2D eigenvalue weighted by Crippen LogP contribution is -2.42. The fraction of sp³-hybridized carbons (Fsp3) is 0.458. The summed E-state index contributed by atoms with van der Waals surface area (Å²) in [6.07, 6.45) is 2.61. The molecule has 0 saturated heterocycles. The summed E-state index contributed by atoms with van der Waals surface area (Å²) >= 11 is 0. The maximum Gasteiger partial charge on any atom is 0.227 e. The first-order valence-electron chi connectivity index (χ1n) is 10.8. The van der Waals surface area contributed by atoms with Gasteiger partial charge in [0.15, 0.2) is 0 Å². The lowest BCUT2D eigenvalue weighted by Gasteiger charge is -2.29. The zero-order valence-corrected chi connectivity index (χ0v) is 19.2. The van der Waals surface area contributed by atoms with Crippen molar-refractivity contribution in [1.82, 2.24) is 4.72 Å². The van der Waals surface area contributed by atoms with Crippen molar-refractivity contribution in [3.05, 3.63) is 65.7 Å². The van der Waals surface area contributed by atoms with E-state index in [1.807, 2.05) is 42.5 Å². The Morgan fingerprint density at radius 2 is 1.52 bits per heavy atom. The van der Waals surface area contributed by atoms with Crippen LogP contribution in [-0.2, 0) is 20.4 Å². The molecule has 1 atom stereocenters. The number of anilines is 1. The summed E-state index contributed by atoms with van der Waals surface area (Å²) in [6.45, 7) is 5.07. The van der Waals surface area contributed by atoms with Crippen LogP contribution in [0.5, 0.6) is 0 Å². The van der Waals surface area contributed by atoms with Crippen molar-refractivity contribution in [2.75, 3.05) is 5.32 Å². The van der Waals surface area contributed by atoms with E-state index >= 15 is 0 Å². The van der Waals surface area contributed by atoms with Crippen molar-refractivity contribution in [2.45, 2.75) is 63.3 Å². The molecule has 3 rings (SSSR count). The van der Waals surface area contributed by atoms with Crippen molar-refractivity contribution in [3.63, 3.8) is 0 Å². The van der Waals surface area contributed by atoms with Crippen LogP contribution in [0.25, 0.3) is 0 Å². The summed E-state index contributed by atoms with van der Waals surface area (Å²) in [6, 6.07) is 16.6. The fourth-order valence-corrected chi connectivity index (χ4v) is 4.87. The van der Waals surface area contributed by atoms with Crippen molar-refractivity contribution in [1.29, 1.82) is 0 Å². The molecule has 2 aromatic carbocycles. The van der Waals surface area contributed by atoms with Crippen molar-refractivity contribution in [3.8, 4) is 0 Å². The van der Waals surface area contributed by atoms with Crippen molar-refractivity contribution < 1.29 is 18.3 Å². The molecule has 0 heterocycles. The minimum Gasteiger partial charge on any atom is -0.381 e. The van der Waals surface area contributed by atoms with E-state index in [4.69, 9.17) is 0 Å². The van der Waals surface area contributed by atoms with Gasteiger partial charge in [0.1, 0.15) is 5.60 Å². The lowest BCUT2D eigenvalue weighted by atomic mass is 9.86. The summed E-state index contributed by atoms with van der Waals surface area (Å²) in [5.74, 6) is -0.181. The fourth-order valence-electron chi connectivity index (χ4n) is 3.89. The third-order valence-corrected chi connectivity index (χ3v) is 8.00. The Balaban J connectivity index is 1.56. The average molecular weight is 445 g/mol. The Kier molecular flexibility index (Phi) is 7.19. The van der Waals surface area contributed by atoms with Crippen LogP contribution in [-0.4, -0.2) is 30.7 Å². The second-order valence-electron chi connectivity index (χ2n) is 8.77. The number of rotatable bonds is 7. The summed E-state index contributed by atoms with van der Waals surface area (Å²) in [5.41, 5.74) is 1.11. The summed E-state index contributed by atoms with van der Waals surface area (Å²) in [4.78, 5) is 12.7. The number of benzene rings is 2. The molecule has 0 radical (unpaired) electrons. The van der Waals surface area contributed by atoms with Gasteiger partial charge in [-0.1, -0.05) is 42.5 Å². The molecule has 2 aromatic rings. The van der Waals surface area contributed by atoms with Crippen LogP contribution in [0.3, 0.4) is 0 Å². The third kappa shape index (κ3) is 5.73. The van der Waals surface area contributed by atoms with Gasteiger partial charge in [0, 0.05) is 17.6 Å². The van der Waals surface area contributed by atoms with Gasteiger partial charge in [-0.3, -0.25) is 4.79 Å². The largest absolute Gasteiger partial charge is 0.381 e. The van der Waals surface area contributed by atoms with Crippen LogP contribution in [0.2, 0.25) is 0 Å².